The average Bonchev–Trinajstić information content (AvgIpc) is 4.02. The highest BCUT2D eigenvalue weighted by Crippen LogP contribution is 2.27. The highest BCUT2D eigenvalue weighted by Gasteiger charge is 2.32. The molecule has 56 heavy (non-hydrogen) atoms. The Morgan fingerprint density at radius 2 is 0.554 bits per heavy atom. The Morgan fingerprint density at radius 1 is 0.339 bits per heavy atom. The van der Waals surface area contributed by atoms with Crippen molar-refractivity contribution in [1.82, 2.24) is 0 Å². The molecule has 0 aromatic heterocycles. The van der Waals surface area contributed by atoms with Crippen molar-refractivity contribution >= 4 is 11.4 Å². The van der Waals surface area contributed by atoms with Crippen molar-refractivity contribution in [1.29, 1.82) is 0 Å². The van der Waals surface area contributed by atoms with E-state index >= 15 is 0 Å². The van der Waals surface area contributed by atoms with Crippen molar-refractivity contribution in [3.8, 4) is 23.0 Å². The van der Waals surface area contributed by atoms with Gasteiger partial charge in [-0.05, 0) is 95.1 Å². The zero-order valence-corrected chi connectivity index (χ0v) is 31.5. The topological polar surface area (TPSA) is 93.5 Å². The molecule has 0 N–H and O–H groups in total. The second-order valence-corrected chi connectivity index (χ2v) is 14.9. The van der Waals surface area contributed by atoms with Crippen LogP contribution in [0.4, 0.5) is 11.4 Å². The lowest BCUT2D eigenvalue weighted by molar-refractivity contribution is 0.296. The van der Waals surface area contributed by atoms with Crippen molar-refractivity contribution in [2.24, 2.45) is 0 Å². The van der Waals surface area contributed by atoms with Crippen LogP contribution in [0.2, 0.25) is 0 Å². The number of epoxide rings is 4. The third-order valence-electron chi connectivity index (χ3n) is 10.2. The molecule has 4 atom stereocenters. The van der Waals surface area contributed by atoms with Gasteiger partial charge in [-0.2, -0.15) is 0 Å². The first-order chi connectivity index (χ1) is 27.6. The first kappa shape index (κ1) is 36.4. The quantitative estimate of drug-likeness (QED) is 0.0675. The fourth-order valence-electron chi connectivity index (χ4n) is 6.52. The van der Waals surface area contributed by atoms with Gasteiger partial charge in [0.15, 0.2) is 0 Å². The monoisotopic (exact) mass is 756 g/mol. The van der Waals surface area contributed by atoms with E-state index in [1.54, 1.807) is 0 Å². The van der Waals surface area contributed by atoms with Gasteiger partial charge in [0, 0.05) is 37.6 Å². The fraction of sp³-hybridized carbons (Fsp3) is 0.348. The molecule has 0 aliphatic carbocycles. The van der Waals surface area contributed by atoms with Crippen molar-refractivity contribution in [2.75, 3.05) is 62.4 Å². The van der Waals surface area contributed by atoms with Crippen LogP contribution in [0, 0.1) is 0 Å². The fourth-order valence-corrected chi connectivity index (χ4v) is 6.52. The SMILES string of the molecule is c1cc(COc2ccc(N(CC3CO3)CC3CO3)cc2)ccc1COc1ccc(OCc2ccc(COc3ccc(N(CC4CO4)CC4CO4)cc3)cc2)cc1. The van der Waals surface area contributed by atoms with Crippen LogP contribution < -0.4 is 28.7 Å². The standard InChI is InChI=1S/C46H48N2O8/c1-5-35(6-2-33(1)25-49-39-13-9-37(10-14-39)47(21-43-29-53-43)22-44-30-54-44)27-51-41-17-19-42(20-18-41)52-28-36-7-3-34(4-8-36)26-50-40-15-11-38(12-16-40)48(23-45-31-55-45)24-46-32-56-46/h1-20,43-46H,21-32H2. The normalized spacial score (nSPS) is 20.1. The molecule has 4 saturated heterocycles. The summed E-state index contributed by atoms with van der Waals surface area (Å²) < 4.78 is 46.1. The predicted octanol–water partition coefficient (Wildman–Crippen LogP) is 7.21. The minimum Gasteiger partial charge on any atom is -0.489 e. The minimum atomic E-state index is 0.334. The molecule has 0 saturated carbocycles. The number of anilines is 2. The van der Waals surface area contributed by atoms with Crippen LogP contribution in [0.25, 0.3) is 0 Å². The predicted molar refractivity (Wildman–Crippen MR) is 213 cm³/mol. The number of ether oxygens (including phenoxy) is 8. The molecule has 290 valence electrons. The van der Waals surface area contributed by atoms with Crippen molar-refractivity contribution in [2.45, 2.75) is 50.8 Å². The molecule has 4 unspecified atom stereocenters. The summed E-state index contributed by atoms with van der Waals surface area (Å²) in [5.41, 5.74) is 6.71. The van der Waals surface area contributed by atoms with E-state index < -0.39 is 0 Å². The van der Waals surface area contributed by atoms with Gasteiger partial charge in [0.05, 0.1) is 50.8 Å². The Hall–Kier alpha value is -5.26. The summed E-state index contributed by atoms with van der Waals surface area (Å²) >= 11 is 0. The second-order valence-electron chi connectivity index (χ2n) is 14.9. The lowest BCUT2D eigenvalue weighted by Crippen LogP contribution is -2.31. The van der Waals surface area contributed by atoms with Gasteiger partial charge in [-0.15, -0.1) is 0 Å². The van der Waals surface area contributed by atoms with E-state index in [-0.39, 0.29) is 0 Å². The Kier molecular flexibility index (Phi) is 11.2. The average molecular weight is 757 g/mol. The molecule has 0 radical (unpaired) electrons. The largest absolute Gasteiger partial charge is 0.489 e. The maximum atomic E-state index is 6.08. The maximum Gasteiger partial charge on any atom is 0.120 e. The van der Waals surface area contributed by atoms with E-state index in [0.29, 0.717) is 50.8 Å². The maximum absolute atomic E-state index is 6.08. The third-order valence-corrected chi connectivity index (χ3v) is 10.2. The van der Waals surface area contributed by atoms with Crippen LogP contribution in [-0.2, 0) is 45.4 Å². The first-order valence-corrected chi connectivity index (χ1v) is 19.6. The molecular formula is C46H48N2O8. The van der Waals surface area contributed by atoms with E-state index in [2.05, 4.69) is 82.6 Å². The molecular weight excluding hydrogens is 709 g/mol. The minimum absolute atomic E-state index is 0.334. The van der Waals surface area contributed by atoms with Crippen LogP contribution >= 0.6 is 0 Å². The number of benzene rings is 5. The molecule has 0 bridgehead atoms. The van der Waals surface area contributed by atoms with Gasteiger partial charge in [0.25, 0.3) is 0 Å². The van der Waals surface area contributed by atoms with E-state index in [1.165, 1.54) is 11.4 Å². The van der Waals surface area contributed by atoms with Gasteiger partial charge in [0.2, 0.25) is 0 Å². The molecule has 4 aliphatic heterocycles. The summed E-state index contributed by atoms with van der Waals surface area (Å²) in [5.74, 6) is 3.27. The summed E-state index contributed by atoms with van der Waals surface area (Å²) in [4.78, 5) is 4.68. The molecule has 5 aromatic rings. The van der Waals surface area contributed by atoms with Crippen LogP contribution in [0.3, 0.4) is 0 Å². The van der Waals surface area contributed by atoms with Crippen molar-refractivity contribution in [3.63, 3.8) is 0 Å². The van der Waals surface area contributed by atoms with Gasteiger partial charge < -0.3 is 47.7 Å². The first-order valence-electron chi connectivity index (χ1n) is 19.6. The Balaban J connectivity index is 0.673. The Bertz CT molecular complexity index is 1800. The number of rotatable bonds is 22. The third kappa shape index (κ3) is 10.9. The molecule has 4 aliphatic rings. The Morgan fingerprint density at radius 3 is 0.768 bits per heavy atom. The molecule has 10 heteroatoms. The second kappa shape index (κ2) is 17.3. The molecule has 10 nitrogen and oxygen atoms in total. The summed E-state index contributed by atoms with van der Waals surface area (Å²) in [6, 6.07) is 41.0. The lowest BCUT2D eigenvalue weighted by Gasteiger charge is -2.23. The van der Waals surface area contributed by atoms with Crippen LogP contribution in [0.5, 0.6) is 23.0 Å². The summed E-state index contributed by atoms with van der Waals surface area (Å²) in [6.07, 6.45) is 1.34. The molecule has 4 heterocycles. The van der Waals surface area contributed by atoms with Gasteiger partial charge in [-0.25, -0.2) is 0 Å². The van der Waals surface area contributed by atoms with Crippen LogP contribution in [0.1, 0.15) is 22.3 Å². The molecule has 9 rings (SSSR count). The summed E-state index contributed by atoms with van der Waals surface area (Å²) in [7, 11) is 0. The number of nitrogens with zero attached hydrogens (tertiary/aromatic N) is 2. The number of hydrogen-bond acceptors (Lipinski definition) is 10. The van der Waals surface area contributed by atoms with Crippen molar-refractivity contribution < 1.29 is 37.9 Å². The number of hydrogen-bond donors (Lipinski definition) is 0. The van der Waals surface area contributed by atoms with Gasteiger partial charge in [-0.1, -0.05) is 48.5 Å². The lowest BCUT2D eigenvalue weighted by atomic mass is 10.1. The Labute approximate surface area is 328 Å². The van der Waals surface area contributed by atoms with Crippen LogP contribution in [-0.4, -0.2) is 77.0 Å². The summed E-state index contributed by atoms with van der Waals surface area (Å²) in [6.45, 7) is 8.93. The molecule has 4 fully saturated rings. The molecule has 0 amide bonds. The van der Waals surface area contributed by atoms with E-state index in [4.69, 9.17) is 37.9 Å². The highest BCUT2D eigenvalue weighted by atomic mass is 16.6. The molecule has 5 aromatic carbocycles. The van der Waals surface area contributed by atoms with Gasteiger partial charge in [0.1, 0.15) is 49.4 Å². The van der Waals surface area contributed by atoms with E-state index in [0.717, 1.165) is 97.9 Å². The zero-order valence-electron chi connectivity index (χ0n) is 31.5. The smallest absolute Gasteiger partial charge is 0.120 e. The highest BCUT2D eigenvalue weighted by molar-refractivity contribution is 5.51. The summed E-state index contributed by atoms with van der Waals surface area (Å²) in [5, 5.41) is 0. The van der Waals surface area contributed by atoms with Crippen LogP contribution in [0.15, 0.2) is 121 Å². The zero-order chi connectivity index (χ0) is 37.5. The van der Waals surface area contributed by atoms with Gasteiger partial charge in [-0.3, -0.25) is 0 Å². The molecule has 0 spiro atoms. The van der Waals surface area contributed by atoms with Gasteiger partial charge >= 0.3 is 0 Å². The van der Waals surface area contributed by atoms with E-state index in [1.807, 2.05) is 48.5 Å². The van der Waals surface area contributed by atoms with E-state index in [9.17, 15) is 0 Å². The van der Waals surface area contributed by atoms with Crippen molar-refractivity contribution in [3.05, 3.63) is 144 Å².